The molecule has 1 aliphatic rings. The second-order valence-corrected chi connectivity index (χ2v) is 7.78. The van der Waals surface area contributed by atoms with Crippen LogP contribution in [0.3, 0.4) is 0 Å². The molecule has 4 rings (SSSR count). The molecule has 0 saturated carbocycles. The molecule has 2 aromatic carbocycles. The Kier molecular flexibility index (Phi) is 5.79. The van der Waals surface area contributed by atoms with Crippen molar-refractivity contribution in [3.63, 3.8) is 0 Å². The number of hydrogen-bond donors (Lipinski definition) is 2. The van der Waals surface area contributed by atoms with Crippen LogP contribution in [-0.2, 0) is 6.42 Å². The number of aryl methyl sites for hydroxylation is 1. The lowest BCUT2D eigenvalue weighted by atomic mass is 9.93. The number of hydrazone groups is 1. The van der Waals surface area contributed by atoms with Crippen LogP contribution in [0.1, 0.15) is 40.3 Å². The Hall–Kier alpha value is -2.83. The van der Waals surface area contributed by atoms with Crippen molar-refractivity contribution in [2.45, 2.75) is 26.2 Å². The molecule has 0 unspecified atom stereocenters. The second-order valence-electron chi connectivity index (χ2n) is 6.97. The molecule has 0 bridgehead atoms. The molecule has 154 valence electrons. The summed E-state index contributed by atoms with van der Waals surface area (Å²) in [7, 11) is 0. The number of nitrogens with one attached hydrogen (secondary N) is 2. The highest BCUT2D eigenvalue weighted by Crippen LogP contribution is 2.31. The minimum absolute atomic E-state index is 0.238. The van der Waals surface area contributed by atoms with Crippen LogP contribution in [0.15, 0.2) is 52.0 Å². The van der Waals surface area contributed by atoms with Gasteiger partial charge in [0.25, 0.3) is 5.91 Å². The van der Waals surface area contributed by atoms with Crippen LogP contribution in [0.25, 0.3) is 0 Å². The molecule has 8 heteroatoms. The first-order chi connectivity index (χ1) is 14.4. The van der Waals surface area contributed by atoms with Gasteiger partial charge < -0.3 is 9.73 Å². The molecule has 1 heterocycles. The smallest absolute Gasteiger partial charge is 0.291 e. The molecule has 30 heavy (non-hydrogen) atoms. The molecule has 3 aromatic rings. The van der Waals surface area contributed by atoms with Crippen LogP contribution in [0.5, 0.6) is 0 Å². The maximum atomic E-state index is 13.1. The van der Waals surface area contributed by atoms with Gasteiger partial charge in [0, 0.05) is 23.2 Å². The minimum Gasteiger partial charge on any atom is -0.455 e. The summed E-state index contributed by atoms with van der Waals surface area (Å²) in [4.78, 5) is 12.8. The molecule has 0 fully saturated rings. The van der Waals surface area contributed by atoms with Gasteiger partial charge in [-0.3, -0.25) is 10.2 Å². The van der Waals surface area contributed by atoms with Crippen molar-refractivity contribution in [3.8, 4) is 0 Å². The van der Waals surface area contributed by atoms with Gasteiger partial charge in [0.05, 0.1) is 21.4 Å². The number of halogens is 3. The molecule has 0 atom stereocenters. The van der Waals surface area contributed by atoms with Gasteiger partial charge in [0.15, 0.2) is 5.76 Å². The van der Waals surface area contributed by atoms with Crippen molar-refractivity contribution in [2.75, 3.05) is 10.7 Å². The Bertz CT molecular complexity index is 1140. The Morgan fingerprint density at radius 1 is 1.07 bits per heavy atom. The van der Waals surface area contributed by atoms with Gasteiger partial charge in [-0.05, 0) is 62.2 Å². The van der Waals surface area contributed by atoms with E-state index in [4.69, 9.17) is 27.6 Å². The SMILES string of the molecule is Cc1c(C(=O)Nc2ccc(Cl)c(Cl)c2)oc2c1/C(=N/Nc1ccc(F)cc1)CCC2. The number of nitrogens with zero attached hydrogens (tertiary/aromatic N) is 1. The largest absolute Gasteiger partial charge is 0.455 e. The van der Waals surface area contributed by atoms with Crippen molar-refractivity contribution in [1.82, 2.24) is 0 Å². The predicted molar refractivity (Wildman–Crippen MR) is 117 cm³/mol. The Balaban J connectivity index is 1.59. The summed E-state index contributed by atoms with van der Waals surface area (Å²) in [6.45, 7) is 1.84. The molecule has 1 aliphatic carbocycles. The van der Waals surface area contributed by atoms with Crippen LogP contribution in [0.4, 0.5) is 15.8 Å². The van der Waals surface area contributed by atoms with E-state index in [9.17, 15) is 9.18 Å². The van der Waals surface area contributed by atoms with Crippen molar-refractivity contribution in [2.24, 2.45) is 5.10 Å². The maximum Gasteiger partial charge on any atom is 0.291 e. The fraction of sp³-hybridized carbons (Fsp3) is 0.182. The quantitative estimate of drug-likeness (QED) is 0.454. The van der Waals surface area contributed by atoms with Gasteiger partial charge in [-0.2, -0.15) is 5.10 Å². The number of furan rings is 1. The van der Waals surface area contributed by atoms with E-state index in [1.807, 2.05) is 6.92 Å². The van der Waals surface area contributed by atoms with E-state index < -0.39 is 0 Å². The number of benzene rings is 2. The highest BCUT2D eigenvalue weighted by molar-refractivity contribution is 6.42. The van der Waals surface area contributed by atoms with Crippen molar-refractivity contribution in [3.05, 3.63) is 81.0 Å². The molecule has 0 aliphatic heterocycles. The molecular weight excluding hydrogens is 428 g/mol. The molecule has 0 saturated heterocycles. The summed E-state index contributed by atoms with van der Waals surface area (Å²) in [5.41, 5.74) is 6.52. The minimum atomic E-state index is -0.369. The van der Waals surface area contributed by atoms with E-state index >= 15 is 0 Å². The van der Waals surface area contributed by atoms with E-state index in [2.05, 4.69) is 15.8 Å². The van der Waals surface area contributed by atoms with E-state index in [1.165, 1.54) is 12.1 Å². The Labute approximate surface area is 182 Å². The summed E-state index contributed by atoms with van der Waals surface area (Å²) < 4.78 is 19.0. The van der Waals surface area contributed by atoms with Gasteiger partial charge >= 0.3 is 0 Å². The third-order valence-corrected chi connectivity index (χ3v) is 5.61. The van der Waals surface area contributed by atoms with E-state index in [1.54, 1.807) is 30.3 Å². The number of carbonyl (C=O) groups is 1. The van der Waals surface area contributed by atoms with Crippen molar-refractivity contribution >= 4 is 46.2 Å². The first-order valence-electron chi connectivity index (χ1n) is 9.39. The molecule has 0 radical (unpaired) electrons. The average Bonchev–Trinajstić information content (AvgIpc) is 3.08. The van der Waals surface area contributed by atoms with Gasteiger partial charge in [0.1, 0.15) is 11.6 Å². The second kappa shape index (κ2) is 8.50. The lowest BCUT2D eigenvalue weighted by molar-refractivity contribution is 0.0994. The monoisotopic (exact) mass is 445 g/mol. The van der Waals surface area contributed by atoms with Crippen LogP contribution in [0, 0.1) is 12.7 Å². The normalized spacial score (nSPS) is 14.5. The third kappa shape index (κ3) is 4.20. The average molecular weight is 446 g/mol. The van der Waals surface area contributed by atoms with Crippen molar-refractivity contribution < 1.29 is 13.6 Å². The van der Waals surface area contributed by atoms with Crippen LogP contribution in [-0.4, -0.2) is 11.6 Å². The van der Waals surface area contributed by atoms with Crippen LogP contribution < -0.4 is 10.7 Å². The topological polar surface area (TPSA) is 66.6 Å². The van der Waals surface area contributed by atoms with Gasteiger partial charge in [-0.15, -0.1) is 0 Å². The van der Waals surface area contributed by atoms with Gasteiger partial charge in [-0.1, -0.05) is 23.2 Å². The van der Waals surface area contributed by atoms with Crippen LogP contribution >= 0.6 is 23.2 Å². The zero-order valence-corrected chi connectivity index (χ0v) is 17.6. The first-order valence-corrected chi connectivity index (χ1v) is 10.1. The zero-order valence-electron chi connectivity index (χ0n) is 16.1. The van der Waals surface area contributed by atoms with E-state index in [-0.39, 0.29) is 17.5 Å². The molecule has 2 N–H and O–H groups in total. The maximum absolute atomic E-state index is 13.1. The number of anilines is 2. The lowest BCUT2D eigenvalue weighted by Gasteiger charge is -2.13. The highest BCUT2D eigenvalue weighted by atomic mass is 35.5. The summed E-state index contributed by atoms with van der Waals surface area (Å²) in [5.74, 6) is 0.294. The number of carbonyl (C=O) groups excluding carboxylic acids is 1. The summed E-state index contributed by atoms with van der Waals surface area (Å²) in [6, 6.07) is 10.8. The number of fused-ring (bicyclic) bond motifs is 1. The van der Waals surface area contributed by atoms with E-state index in [0.29, 0.717) is 21.4 Å². The molecular formula is C22H18Cl2FN3O2. The van der Waals surface area contributed by atoms with E-state index in [0.717, 1.165) is 41.9 Å². The molecule has 1 amide bonds. The Morgan fingerprint density at radius 2 is 1.80 bits per heavy atom. The van der Waals surface area contributed by atoms with Crippen molar-refractivity contribution in [1.29, 1.82) is 0 Å². The summed E-state index contributed by atoms with van der Waals surface area (Å²) in [5, 5.41) is 8.03. The summed E-state index contributed by atoms with van der Waals surface area (Å²) >= 11 is 11.9. The highest BCUT2D eigenvalue weighted by Gasteiger charge is 2.28. The zero-order chi connectivity index (χ0) is 21.3. The third-order valence-electron chi connectivity index (χ3n) is 4.87. The van der Waals surface area contributed by atoms with Gasteiger partial charge in [0.2, 0.25) is 0 Å². The Morgan fingerprint density at radius 3 is 2.53 bits per heavy atom. The first kappa shape index (κ1) is 20.4. The number of rotatable bonds is 4. The number of amides is 1. The summed E-state index contributed by atoms with van der Waals surface area (Å²) in [6.07, 6.45) is 2.33. The fourth-order valence-electron chi connectivity index (χ4n) is 3.41. The fourth-order valence-corrected chi connectivity index (χ4v) is 3.71. The van der Waals surface area contributed by atoms with Gasteiger partial charge in [-0.25, -0.2) is 4.39 Å². The standard InChI is InChI=1S/C22H18Cl2FN3O2/c1-12-20-18(28-27-14-7-5-13(25)6-8-14)3-2-4-19(20)30-21(12)22(29)26-15-9-10-16(23)17(24)11-15/h5-11,27H,2-4H2,1H3,(H,26,29)/b28-18+. The van der Waals surface area contributed by atoms with Crippen LogP contribution in [0.2, 0.25) is 10.0 Å². The molecule has 5 nitrogen and oxygen atoms in total. The lowest BCUT2D eigenvalue weighted by Crippen LogP contribution is -2.14. The number of hydrogen-bond acceptors (Lipinski definition) is 4. The predicted octanol–water partition coefficient (Wildman–Crippen LogP) is 6.44. The molecule has 0 spiro atoms. The molecule has 1 aromatic heterocycles.